The van der Waals surface area contributed by atoms with Gasteiger partial charge in [-0.2, -0.15) is 0 Å². The molecule has 1 heterocycles. The van der Waals surface area contributed by atoms with Crippen molar-refractivity contribution in [3.63, 3.8) is 0 Å². The van der Waals surface area contributed by atoms with Crippen LogP contribution in [0.5, 0.6) is 5.75 Å². The molecule has 26 heavy (non-hydrogen) atoms. The van der Waals surface area contributed by atoms with Crippen LogP contribution in [-0.2, 0) is 9.53 Å². The van der Waals surface area contributed by atoms with E-state index in [4.69, 9.17) is 21.1 Å². The van der Waals surface area contributed by atoms with E-state index in [9.17, 15) is 4.79 Å². The molecule has 1 fully saturated rings. The molecular formula is C20H23ClN2O3. The highest BCUT2D eigenvalue weighted by Crippen LogP contribution is 2.34. The van der Waals surface area contributed by atoms with E-state index >= 15 is 0 Å². The number of hydrogen-bond donors (Lipinski definition) is 1. The molecule has 0 aliphatic carbocycles. The predicted molar refractivity (Wildman–Crippen MR) is 104 cm³/mol. The molecule has 1 aliphatic rings. The van der Waals surface area contributed by atoms with E-state index in [1.54, 1.807) is 6.92 Å². The van der Waals surface area contributed by atoms with Crippen molar-refractivity contribution >= 4 is 28.9 Å². The summed E-state index contributed by atoms with van der Waals surface area (Å²) in [6.07, 6.45) is -0.631. The molecule has 5 nitrogen and oxygen atoms in total. The summed E-state index contributed by atoms with van der Waals surface area (Å²) in [7, 11) is 0. The molecule has 0 saturated carbocycles. The Morgan fingerprint density at radius 3 is 2.69 bits per heavy atom. The maximum atomic E-state index is 12.6. The van der Waals surface area contributed by atoms with Gasteiger partial charge in [-0.3, -0.25) is 4.79 Å². The zero-order valence-electron chi connectivity index (χ0n) is 15.0. The zero-order valence-corrected chi connectivity index (χ0v) is 15.8. The SMILES string of the molecule is Cc1cccc(OC(C)C(=O)Nc2cccc(Cl)c2N2CCOCC2)c1. The fourth-order valence-corrected chi connectivity index (χ4v) is 3.20. The first-order chi connectivity index (χ1) is 12.5. The van der Waals surface area contributed by atoms with Crippen molar-refractivity contribution in [2.45, 2.75) is 20.0 Å². The Labute approximate surface area is 158 Å². The molecule has 1 amide bonds. The van der Waals surface area contributed by atoms with Crippen LogP contribution in [0.25, 0.3) is 0 Å². The molecular weight excluding hydrogens is 352 g/mol. The number of benzene rings is 2. The molecule has 0 spiro atoms. The minimum absolute atomic E-state index is 0.219. The molecule has 1 unspecified atom stereocenters. The smallest absolute Gasteiger partial charge is 0.265 e. The monoisotopic (exact) mass is 374 g/mol. The Kier molecular flexibility index (Phi) is 6.01. The molecule has 0 aromatic heterocycles. The number of rotatable bonds is 5. The standard InChI is InChI=1S/C20H23ClN2O3/c1-14-5-3-6-16(13-14)26-15(2)20(24)22-18-8-4-7-17(21)19(18)23-9-11-25-12-10-23/h3-8,13,15H,9-12H2,1-2H3,(H,22,24). The number of carbonyl (C=O) groups excluding carboxylic acids is 1. The maximum Gasteiger partial charge on any atom is 0.265 e. The van der Waals surface area contributed by atoms with Gasteiger partial charge in [0, 0.05) is 13.1 Å². The summed E-state index contributed by atoms with van der Waals surface area (Å²) < 4.78 is 11.2. The second-order valence-electron chi connectivity index (χ2n) is 6.30. The van der Waals surface area contributed by atoms with Crippen molar-refractivity contribution in [3.8, 4) is 5.75 Å². The second kappa shape index (κ2) is 8.43. The van der Waals surface area contributed by atoms with Gasteiger partial charge in [0.15, 0.2) is 6.10 Å². The maximum absolute atomic E-state index is 12.6. The summed E-state index contributed by atoms with van der Waals surface area (Å²) in [5.41, 5.74) is 2.59. The van der Waals surface area contributed by atoms with Crippen molar-refractivity contribution in [2.75, 3.05) is 36.5 Å². The van der Waals surface area contributed by atoms with E-state index in [-0.39, 0.29) is 5.91 Å². The van der Waals surface area contributed by atoms with Gasteiger partial charge in [0.2, 0.25) is 0 Å². The summed E-state index contributed by atoms with van der Waals surface area (Å²) in [5, 5.41) is 3.56. The number of ether oxygens (including phenoxy) is 2. The molecule has 0 bridgehead atoms. The Balaban J connectivity index is 1.73. The third-order valence-corrected chi connectivity index (χ3v) is 4.55. The highest BCUT2D eigenvalue weighted by atomic mass is 35.5. The number of anilines is 2. The van der Waals surface area contributed by atoms with Gasteiger partial charge in [-0.25, -0.2) is 0 Å². The average molecular weight is 375 g/mol. The summed E-state index contributed by atoms with van der Waals surface area (Å²) in [5.74, 6) is 0.454. The van der Waals surface area contributed by atoms with Crippen LogP contribution in [0.15, 0.2) is 42.5 Å². The zero-order chi connectivity index (χ0) is 18.5. The lowest BCUT2D eigenvalue weighted by Crippen LogP contribution is -2.37. The Bertz CT molecular complexity index is 775. The number of halogens is 1. The molecule has 1 atom stereocenters. The molecule has 1 N–H and O–H groups in total. The van der Waals surface area contributed by atoms with Crippen molar-refractivity contribution in [2.24, 2.45) is 0 Å². The van der Waals surface area contributed by atoms with Gasteiger partial charge in [0.25, 0.3) is 5.91 Å². The lowest BCUT2D eigenvalue weighted by Gasteiger charge is -2.31. The first kappa shape index (κ1) is 18.5. The van der Waals surface area contributed by atoms with Gasteiger partial charge in [0.05, 0.1) is 29.6 Å². The summed E-state index contributed by atoms with van der Waals surface area (Å²) in [6.45, 7) is 6.48. The molecule has 3 rings (SSSR count). The van der Waals surface area contributed by atoms with Crippen LogP contribution >= 0.6 is 11.6 Å². The van der Waals surface area contributed by atoms with Crippen LogP contribution in [0.2, 0.25) is 5.02 Å². The minimum Gasteiger partial charge on any atom is -0.481 e. The summed E-state index contributed by atoms with van der Waals surface area (Å²) in [4.78, 5) is 14.8. The van der Waals surface area contributed by atoms with Crippen LogP contribution in [0.1, 0.15) is 12.5 Å². The number of morpholine rings is 1. The van der Waals surface area contributed by atoms with E-state index in [1.165, 1.54) is 0 Å². The van der Waals surface area contributed by atoms with Gasteiger partial charge in [0.1, 0.15) is 5.75 Å². The Morgan fingerprint density at radius 1 is 1.23 bits per heavy atom. The Morgan fingerprint density at radius 2 is 1.96 bits per heavy atom. The molecule has 0 radical (unpaired) electrons. The van der Waals surface area contributed by atoms with Crippen molar-refractivity contribution in [3.05, 3.63) is 53.1 Å². The average Bonchev–Trinajstić information content (AvgIpc) is 2.62. The molecule has 138 valence electrons. The number of nitrogens with zero attached hydrogens (tertiary/aromatic N) is 1. The Hall–Kier alpha value is -2.24. The number of amides is 1. The molecule has 2 aromatic carbocycles. The van der Waals surface area contributed by atoms with Crippen molar-refractivity contribution < 1.29 is 14.3 Å². The van der Waals surface area contributed by atoms with E-state index in [0.717, 1.165) is 24.3 Å². The normalized spacial score (nSPS) is 15.4. The molecule has 2 aromatic rings. The first-order valence-electron chi connectivity index (χ1n) is 8.70. The fraction of sp³-hybridized carbons (Fsp3) is 0.350. The number of nitrogens with one attached hydrogen (secondary N) is 1. The largest absolute Gasteiger partial charge is 0.481 e. The topological polar surface area (TPSA) is 50.8 Å². The lowest BCUT2D eigenvalue weighted by atomic mass is 10.2. The van der Waals surface area contributed by atoms with E-state index in [0.29, 0.717) is 29.7 Å². The highest BCUT2D eigenvalue weighted by molar-refractivity contribution is 6.34. The fourth-order valence-electron chi connectivity index (χ4n) is 2.91. The van der Waals surface area contributed by atoms with E-state index in [1.807, 2.05) is 49.4 Å². The van der Waals surface area contributed by atoms with Gasteiger partial charge >= 0.3 is 0 Å². The van der Waals surface area contributed by atoms with Crippen LogP contribution in [0.3, 0.4) is 0 Å². The van der Waals surface area contributed by atoms with Gasteiger partial charge < -0.3 is 19.7 Å². The quantitative estimate of drug-likeness (QED) is 0.862. The second-order valence-corrected chi connectivity index (χ2v) is 6.71. The third-order valence-electron chi connectivity index (χ3n) is 4.24. The number of carbonyl (C=O) groups is 1. The third kappa shape index (κ3) is 4.48. The number of aryl methyl sites for hydroxylation is 1. The van der Waals surface area contributed by atoms with E-state index in [2.05, 4.69) is 10.2 Å². The lowest BCUT2D eigenvalue weighted by molar-refractivity contribution is -0.122. The van der Waals surface area contributed by atoms with Crippen molar-refractivity contribution in [1.82, 2.24) is 0 Å². The van der Waals surface area contributed by atoms with Crippen molar-refractivity contribution in [1.29, 1.82) is 0 Å². The summed E-state index contributed by atoms with van der Waals surface area (Å²) in [6, 6.07) is 13.1. The molecule has 1 saturated heterocycles. The summed E-state index contributed by atoms with van der Waals surface area (Å²) >= 11 is 6.41. The van der Waals surface area contributed by atoms with Crippen LogP contribution < -0.4 is 15.0 Å². The van der Waals surface area contributed by atoms with Crippen LogP contribution in [0.4, 0.5) is 11.4 Å². The van der Waals surface area contributed by atoms with Gasteiger partial charge in [-0.1, -0.05) is 29.8 Å². The van der Waals surface area contributed by atoms with Gasteiger partial charge in [-0.05, 0) is 43.7 Å². The number of para-hydroxylation sites is 1. The molecule has 1 aliphatic heterocycles. The van der Waals surface area contributed by atoms with E-state index < -0.39 is 6.10 Å². The van der Waals surface area contributed by atoms with Crippen LogP contribution in [-0.4, -0.2) is 38.3 Å². The molecule has 6 heteroatoms. The minimum atomic E-state index is -0.631. The van der Waals surface area contributed by atoms with Gasteiger partial charge in [-0.15, -0.1) is 0 Å². The highest BCUT2D eigenvalue weighted by Gasteiger charge is 2.21. The van der Waals surface area contributed by atoms with Crippen LogP contribution in [0, 0.1) is 6.92 Å². The first-order valence-corrected chi connectivity index (χ1v) is 9.08. The predicted octanol–water partition coefficient (Wildman–Crippen LogP) is 3.89. The number of hydrogen-bond acceptors (Lipinski definition) is 4.